The number of aliphatic hydroxyl groups is 1. The van der Waals surface area contributed by atoms with Gasteiger partial charge in [-0.15, -0.1) is 0 Å². The van der Waals surface area contributed by atoms with E-state index in [0.29, 0.717) is 0 Å². The maximum atomic E-state index is 10.0. The molecule has 0 aliphatic carbocycles. The Hall–Kier alpha value is 0.675. The third kappa shape index (κ3) is 1.44. The highest BCUT2D eigenvalue weighted by atomic mass is 127. The van der Waals surface area contributed by atoms with Crippen molar-refractivity contribution in [2.45, 2.75) is 17.7 Å². The third-order valence-corrected chi connectivity index (χ3v) is 4.31. The number of likely N-dealkylation sites (N-methyl/N-ethyl adjacent to an activating group) is 1. The molecule has 72 valence electrons. The van der Waals surface area contributed by atoms with Gasteiger partial charge in [0.1, 0.15) is 13.4 Å². The van der Waals surface area contributed by atoms with Crippen LogP contribution in [0.5, 0.6) is 0 Å². The Labute approximate surface area is 93.4 Å². The number of piperidine rings is 1. The zero-order valence-electron chi connectivity index (χ0n) is 7.61. The summed E-state index contributed by atoms with van der Waals surface area (Å²) in [4.78, 5) is 2.18. The average Bonchev–Trinajstić information content (AvgIpc) is 2.26. The molecule has 2 aliphatic heterocycles. The van der Waals surface area contributed by atoms with Crippen molar-refractivity contribution in [2.75, 3.05) is 24.6 Å². The second-order valence-corrected chi connectivity index (χ2v) is 4.85. The quantitative estimate of drug-likeness (QED) is 0.406. The summed E-state index contributed by atoms with van der Waals surface area (Å²) in [5, 5.41) is 10.0. The van der Waals surface area contributed by atoms with Crippen LogP contribution in [0.25, 0.3) is 0 Å². The van der Waals surface area contributed by atoms with Gasteiger partial charge < -0.3 is 14.7 Å². The predicted molar refractivity (Wildman–Crippen MR) is 59.2 cm³/mol. The molecular formula is C8H13BINO2. The van der Waals surface area contributed by atoms with E-state index in [1.54, 1.807) is 0 Å². The molecule has 4 atom stereocenters. The van der Waals surface area contributed by atoms with Crippen LogP contribution in [0.2, 0.25) is 0 Å². The van der Waals surface area contributed by atoms with E-state index in [-0.39, 0.29) is 11.9 Å². The van der Waals surface area contributed by atoms with Gasteiger partial charge in [-0.1, -0.05) is 22.6 Å². The van der Waals surface area contributed by atoms with Crippen LogP contribution < -0.4 is 0 Å². The zero-order chi connectivity index (χ0) is 9.64. The topological polar surface area (TPSA) is 32.7 Å². The molecule has 0 saturated carbocycles. The number of rotatable bonds is 1. The Morgan fingerprint density at radius 2 is 2.46 bits per heavy atom. The lowest BCUT2D eigenvalue weighted by molar-refractivity contribution is -0.0745. The average molecular weight is 293 g/mol. The summed E-state index contributed by atoms with van der Waals surface area (Å²) in [5.41, 5.74) is -0.419. The summed E-state index contributed by atoms with van der Waals surface area (Å²) < 4.78 is 6.48. The van der Waals surface area contributed by atoms with E-state index in [1.807, 2.05) is 7.05 Å². The van der Waals surface area contributed by atoms with Crippen molar-refractivity contribution in [3.63, 3.8) is 0 Å². The summed E-state index contributed by atoms with van der Waals surface area (Å²) >= 11 is 2.25. The Morgan fingerprint density at radius 1 is 1.77 bits per heavy atom. The molecule has 2 bridgehead atoms. The Kier molecular flexibility index (Phi) is 2.64. The lowest BCUT2D eigenvalue weighted by Crippen LogP contribution is -2.57. The molecule has 3 unspecified atom stereocenters. The van der Waals surface area contributed by atoms with Gasteiger partial charge >= 0.3 is 0 Å². The minimum Gasteiger partial charge on any atom is -0.390 e. The number of hydrogen-bond donors (Lipinski definition) is 1. The van der Waals surface area contributed by atoms with Crippen molar-refractivity contribution < 1.29 is 9.84 Å². The standard InChI is InChI=1S/C8H13BINO2/c1-11-2-5-6(12)8(3-10,4-11)13-7(5)9/h5-7,12H,2-4H2,1H3/t5?,6?,7-,8?/m1/s1. The molecule has 2 saturated heterocycles. The molecule has 2 radical (unpaired) electrons. The van der Waals surface area contributed by atoms with Crippen LogP contribution >= 0.6 is 22.6 Å². The van der Waals surface area contributed by atoms with Crippen LogP contribution in [0.3, 0.4) is 0 Å². The highest BCUT2D eigenvalue weighted by molar-refractivity contribution is 14.1. The first-order valence-corrected chi connectivity index (χ1v) is 5.97. The predicted octanol–water partition coefficient (Wildman–Crippen LogP) is -0.393. The monoisotopic (exact) mass is 293 g/mol. The van der Waals surface area contributed by atoms with Gasteiger partial charge in [0.2, 0.25) is 0 Å². The SMILES string of the molecule is [B][C@@H]1OC2(CI)CN(C)CC1C2O. The molecule has 3 nitrogen and oxygen atoms in total. The molecular weight excluding hydrogens is 280 g/mol. The van der Waals surface area contributed by atoms with Crippen LogP contribution in [-0.4, -0.2) is 60.1 Å². The van der Waals surface area contributed by atoms with E-state index in [0.717, 1.165) is 17.5 Å². The van der Waals surface area contributed by atoms with Gasteiger partial charge in [0, 0.05) is 29.4 Å². The maximum absolute atomic E-state index is 10.0. The number of likely N-dealkylation sites (tertiary alicyclic amines) is 1. The Bertz CT molecular complexity index is 214. The fraction of sp³-hybridized carbons (Fsp3) is 1.00. The minimum absolute atomic E-state index is 0.0773. The third-order valence-electron chi connectivity index (χ3n) is 3.02. The number of hydrogen-bond acceptors (Lipinski definition) is 3. The molecule has 0 amide bonds. The summed E-state index contributed by atoms with van der Waals surface area (Å²) in [6.45, 7) is 1.61. The molecule has 2 fully saturated rings. The lowest BCUT2D eigenvalue weighted by atomic mass is 9.79. The molecule has 0 aromatic heterocycles. The molecule has 1 N–H and O–H groups in total. The molecule has 0 aromatic carbocycles. The van der Waals surface area contributed by atoms with E-state index >= 15 is 0 Å². The Balaban J connectivity index is 2.26. The fourth-order valence-corrected chi connectivity index (χ4v) is 3.24. The van der Waals surface area contributed by atoms with Gasteiger partial charge in [0.15, 0.2) is 0 Å². The molecule has 13 heavy (non-hydrogen) atoms. The fourth-order valence-electron chi connectivity index (χ4n) is 2.37. The van der Waals surface area contributed by atoms with Crippen LogP contribution in [0.1, 0.15) is 0 Å². The number of fused-ring (bicyclic) bond motifs is 2. The second kappa shape index (κ2) is 3.36. The Morgan fingerprint density at radius 3 is 3.08 bits per heavy atom. The number of aliphatic hydroxyl groups excluding tert-OH is 1. The van der Waals surface area contributed by atoms with Gasteiger partial charge in [-0.3, -0.25) is 0 Å². The van der Waals surface area contributed by atoms with Gasteiger partial charge in [-0.05, 0) is 7.05 Å². The van der Waals surface area contributed by atoms with Crippen molar-refractivity contribution in [2.24, 2.45) is 5.92 Å². The van der Waals surface area contributed by atoms with Crippen LogP contribution in [0.4, 0.5) is 0 Å². The first kappa shape index (κ1) is 10.2. The van der Waals surface area contributed by atoms with Crippen molar-refractivity contribution in [3.8, 4) is 0 Å². The van der Waals surface area contributed by atoms with Gasteiger partial charge in [0.25, 0.3) is 0 Å². The minimum atomic E-state index is -0.419. The number of alkyl halides is 1. The maximum Gasteiger partial charge on any atom is 0.115 e. The van der Waals surface area contributed by atoms with Crippen molar-refractivity contribution in [1.29, 1.82) is 0 Å². The molecule has 2 rings (SSSR count). The van der Waals surface area contributed by atoms with Crippen molar-refractivity contribution in [3.05, 3.63) is 0 Å². The van der Waals surface area contributed by atoms with E-state index in [9.17, 15) is 5.11 Å². The molecule has 5 heteroatoms. The van der Waals surface area contributed by atoms with E-state index in [2.05, 4.69) is 27.5 Å². The summed E-state index contributed by atoms with van der Waals surface area (Å²) in [6, 6.07) is -0.297. The molecule has 0 aromatic rings. The number of nitrogens with zero attached hydrogens (tertiary/aromatic N) is 1. The highest BCUT2D eigenvalue weighted by Gasteiger charge is 2.55. The summed E-state index contributed by atoms with van der Waals surface area (Å²) in [7, 11) is 7.86. The summed E-state index contributed by atoms with van der Waals surface area (Å²) in [6.07, 6.45) is -0.393. The zero-order valence-corrected chi connectivity index (χ0v) is 9.77. The molecule has 2 heterocycles. The first-order chi connectivity index (χ1) is 6.09. The lowest BCUT2D eigenvalue weighted by Gasteiger charge is -2.39. The normalized spacial score (nSPS) is 51.2. The molecule has 2 aliphatic rings. The van der Waals surface area contributed by atoms with Crippen LogP contribution in [0, 0.1) is 5.92 Å². The largest absolute Gasteiger partial charge is 0.390 e. The molecule has 0 spiro atoms. The van der Waals surface area contributed by atoms with Crippen LogP contribution in [-0.2, 0) is 4.74 Å². The van der Waals surface area contributed by atoms with Crippen molar-refractivity contribution in [1.82, 2.24) is 4.90 Å². The first-order valence-electron chi connectivity index (χ1n) is 4.45. The summed E-state index contributed by atoms with van der Waals surface area (Å²) in [5.74, 6) is 0.0773. The van der Waals surface area contributed by atoms with Crippen LogP contribution in [0.15, 0.2) is 0 Å². The van der Waals surface area contributed by atoms with E-state index < -0.39 is 11.7 Å². The van der Waals surface area contributed by atoms with Gasteiger partial charge in [0.05, 0.1) is 6.10 Å². The van der Waals surface area contributed by atoms with E-state index in [1.165, 1.54) is 0 Å². The number of halogens is 1. The smallest absolute Gasteiger partial charge is 0.115 e. The second-order valence-electron chi connectivity index (χ2n) is 4.09. The van der Waals surface area contributed by atoms with Gasteiger partial charge in [-0.2, -0.15) is 0 Å². The van der Waals surface area contributed by atoms with Crippen molar-refractivity contribution >= 4 is 30.4 Å². The van der Waals surface area contributed by atoms with Gasteiger partial charge in [-0.25, -0.2) is 0 Å². The van der Waals surface area contributed by atoms with E-state index in [4.69, 9.17) is 12.6 Å². The highest BCUT2D eigenvalue weighted by Crippen LogP contribution is 2.40. The number of ether oxygens (including phenoxy) is 1.